The van der Waals surface area contributed by atoms with Gasteiger partial charge in [0.25, 0.3) is 0 Å². The van der Waals surface area contributed by atoms with Crippen LogP contribution in [0, 0.1) is 0 Å². The minimum absolute atomic E-state index is 0.158. The van der Waals surface area contributed by atoms with Crippen molar-refractivity contribution in [2.24, 2.45) is 0 Å². The van der Waals surface area contributed by atoms with Gasteiger partial charge in [-0.1, -0.05) is 133 Å². The highest BCUT2D eigenvalue weighted by atomic mass is 31.2. The molecule has 0 saturated heterocycles. The van der Waals surface area contributed by atoms with Crippen molar-refractivity contribution in [3.63, 3.8) is 0 Å². The van der Waals surface area contributed by atoms with Crippen LogP contribution < -0.4 is 21.2 Å². The maximum Gasteiger partial charge on any atom is 0.200 e. The minimum Gasteiger partial charge on any atom is -0.290 e. The van der Waals surface area contributed by atoms with Gasteiger partial charge >= 0.3 is 0 Å². The SMILES string of the molecule is O=C(C[P+](CC[P+](CC(=O)c1ccccc1)(c1ccccc1)c1ccccc1)(c1ccccc1)c1ccccc1)c1ccccc1. The number of hydrogen-bond donors (Lipinski definition) is 0. The first kappa shape index (κ1) is 31.5. The van der Waals surface area contributed by atoms with Crippen LogP contribution in [0.2, 0.25) is 0 Å². The zero-order valence-electron chi connectivity index (χ0n) is 25.9. The molecule has 0 fully saturated rings. The second kappa shape index (κ2) is 14.7. The van der Waals surface area contributed by atoms with E-state index in [4.69, 9.17) is 0 Å². The summed E-state index contributed by atoms with van der Waals surface area (Å²) in [4.78, 5) is 28.4. The lowest BCUT2D eigenvalue weighted by Crippen LogP contribution is -2.36. The largest absolute Gasteiger partial charge is 0.290 e. The van der Waals surface area contributed by atoms with Crippen LogP contribution in [0.1, 0.15) is 20.7 Å². The molecule has 0 N–H and O–H groups in total. The number of rotatable bonds is 13. The zero-order valence-corrected chi connectivity index (χ0v) is 27.6. The van der Waals surface area contributed by atoms with E-state index in [2.05, 4.69) is 97.1 Å². The van der Waals surface area contributed by atoms with Gasteiger partial charge in [0.15, 0.2) is 0 Å². The first-order chi connectivity index (χ1) is 22.6. The normalized spacial score (nSPS) is 11.6. The molecule has 6 aromatic rings. The molecule has 0 aromatic heterocycles. The van der Waals surface area contributed by atoms with Crippen LogP contribution in [0.5, 0.6) is 0 Å². The molecule has 0 aliphatic heterocycles. The van der Waals surface area contributed by atoms with Gasteiger partial charge in [-0.3, -0.25) is 9.59 Å². The summed E-state index contributed by atoms with van der Waals surface area (Å²) in [6.07, 6.45) is 2.47. The number of carbonyl (C=O) groups is 2. The topological polar surface area (TPSA) is 34.1 Å². The lowest BCUT2D eigenvalue weighted by atomic mass is 10.2. The maximum absolute atomic E-state index is 14.2. The van der Waals surface area contributed by atoms with Crippen molar-refractivity contribution < 1.29 is 9.59 Å². The summed E-state index contributed by atoms with van der Waals surface area (Å²) >= 11 is 0. The smallest absolute Gasteiger partial charge is 0.200 e. The summed E-state index contributed by atoms with van der Waals surface area (Å²) in [7, 11) is -4.62. The summed E-state index contributed by atoms with van der Waals surface area (Å²) in [5, 5.41) is 4.89. The van der Waals surface area contributed by atoms with E-state index in [1.807, 2.05) is 84.9 Å². The average molecular weight is 637 g/mol. The second-order valence-electron chi connectivity index (χ2n) is 11.6. The Labute approximate surface area is 273 Å². The Morgan fingerprint density at radius 3 is 0.783 bits per heavy atom. The number of carbonyl (C=O) groups excluding carboxylic acids is 2. The quantitative estimate of drug-likeness (QED) is 0.0949. The summed E-state index contributed by atoms with van der Waals surface area (Å²) in [6, 6.07) is 62.0. The van der Waals surface area contributed by atoms with E-state index in [0.717, 1.165) is 23.5 Å². The van der Waals surface area contributed by atoms with E-state index >= 15 is 0 Å². The molecule has 0 atom stereocenters. The van der Waals surface area contributed by atoms with Crippen molar-refractivity contribution in [1.29, 1.82) is 0 Å². The summed E-state index contributed by atoms with van der Waals surface area (Å²) < 4.78 is 0. The van der Waals surface area contributed by atoms with E-state index in [0.29, 0.717) is 12.3 Å². The summed E-state index contributed by atoms with van der Waals surface area (Å²) in [6.45, 7) is 0. The van der Waals surface area contributed by atoms with Crippen LogP contribution >= 0.6 is 14.5 Å². The molecule has 0 aliphatic rings. The monoisotopic (exact) mass is 636 g/mol. The molecular weight excluding hydrogens is 598 g/mol. The molecule has 0 saturated carbocycles. The Balaban J connectivity index is 1.53. The van der Waals surface area contributed by atoms with Gasteiger partial charge in [-0.2, -0.15) is 0 Å². The molecule has 0 aliphatic carbocycles. The molecule has 0 spiro atoms. The van der Waals surface area contributed by atoms with Crippen molar-refractivity contribution >= 4 is 47.3 Å². The van der Waals surface area contributed by atoms with Crippen molar-refractivity contribution in [2.45, 2.75) is 0 Å². The molecule has 0 bridgehead atoms. The first-order valence-corrected chi connectivity index (χ1v) is 20.1. The van der Waals surface area contributed by atoms with Crippen LogP contribution in [0.4, 0.5) is 0 Å². The van der Waals surface area contributed by atoms with Gasteiger partial charge in [0.05, 0.1) is 35.7 Å². The number of benzene rings is 6. The van der Waals surface area contributed by atoms with E-state index < -0.39 is 14.5 Å². The van der Waals surface area contributed by atoms with Gasteiger partial charge in [-0.15, -0.1) is 0 Å². The van der Waals surface area contributed by atoms with Crippen LogP contribution in [0.15, 0.2) is 182 Å². The maximum atomic E-state index is 14.2. The highest BCUT2D eigenvalue weighted by Gasteiger charge is 2.52. The van der Waals surface area contributed by atoms with E-state index in [1.165, 1.54) is 21.2 Å². The Kier molecular flexibility index (Phi) is 10.1. The average Bonchev–Trinajstić information content (AvgIpc) is 3.15. The van der Waals surface area contributed by atoms with Crippen molar-refractivity contribution in [2.75, 3.05) is 24.6 Å². The van der Waals surface area contributed by atoms with Crippen LogP contribution in [0.3, 0.4) is 0 Å². The fraction of sp³-hybridized carbons (Fsp3) is 0.0952. The third-order valence-electron chi connectivity index (χ3n) is 8.88. The van der Waals surface area contributed by atoms with Gasteiger partial charge in [0, 0.05) is 11.1 Å². The predicted molar refractivity (Wildman–Crippen MR) is 199 cm³/mol. The van der Waals surface area contributed by atoms with E-state index in [9.17, 15) is 9.59 Å². The fourth-order valence-corrected chi connectivity index (χ4v) is 16.2. The molecular formula is C42H38O2P2+2. The standard InChI is InChI=1S/C42H38O2P2/c43-41(35-19-7-1-8-20-35)33-45(37-23-11-3-12-24-37,38-25-13-4-14-26-38)31-32-46(39-27-15-5-16-28-39,40-29-17-6-18-30-40)34-42(44)36-21-9-2-10-22-36/h1-30H,31-34H2/q+2. The summed E-state index contributed by atoms with van der Waals surface area (Å²) in [5.74, 6) is 0.315. The van der Waals surface area contributed by atoms with Crippen LogP contribution in [-0.4, -0.2) is 36.2 Å². The van der Waals surface area contributed by atoms with Crippen molar-refractivity contribution in [3.8, 4) is 0 Å². The van der Waals surface area contributed by atoms with Crippen molar-refractivity contribution in [1.82, 2.24) is 0 Å². The van der Waals surface area contributed by atoms with Gasteiger partial charge in [-0.05, 0) is 48.5 Å². The predicted octanol–water partition coefficient (Wildman–Crippen LogP) is 8.09. The first-order valence-electron chi connectivity index (χ1n) is 15.7. The van der Waals surface area contributed by atoms with Crippen molar-refractivity contribution in [3.05, 3.63) is 193 Å². The molecule has 0 heterocycles. The minimum atomic E-state index is -2.31. The highest BCUT2D eigenvalue weighted by Crippen LogP contribution is 2.64. The van der Waals surface area contributed by atoms with Gasteiger partial charge in [0.1, 0.15) is 24.6 Å². The number of ketones is 2. The molecule has 6 aromatic carbocycles. The van der Waals surface area contributed by atoms with E-state index in [1.54, 1.807) is 0 Å². The second-order valence-corrected chi connectivity index (χ2v) is 19.1. The lowest BCUT2D eigenvalue weighted by molar-refractivity contribution is 0.101. The Bertz CT molecular complexity index is 1630. The molecule has 0 amide bonds. The van der Waals surface area contributed by atoms with Gasteiger partial charge in [0.2, 0.25) is 11.6 Å². The Hall–Kier alpha value is -4.48. The number of hydrogen-bond acceptors (Lipinski definition) is 2. The third kappa shape index (κ3) is 6.85. The molecule has 6 rings (SSSR count). The highest BCUT2D eigenvalue weighted by molar-refractivity contribution is 7.93. The molecule has 4 heteroatoms. The van der Waals surface area contributed by atoms with Gasteiger partial charge in [-0.25, -0.2) is 0 Å². The molecule has 0 radical (unpaired) electrons. The van der Waals surface area contributed by atoms with Crippen LogP contribution in [0.25, 0.3) is 0 Å². The third-order valence-corrected chi connectivity index (χ3v) is 18.0. The van der Waals surface area contributed by atoms with Gasteiger partial charge < -0.3 is 0 Å². The molecule has 226 valence electrons. The lowest BCUT2D eigenvalue weighted by Gasteiger charge is -2.32. The van der Waals surface area contributed by atoms with Crippen LogP contribution in [-0.2, 0) is 0 Å². The molecule has 46 heavy (non-hydrogen) atoms. The molecule has 0 unspecified atom stereocenters. The summed E-state index contributed by atoms with van der Waals surface area (Å²) in [5.41, 5.74) is 1.48. The Morgan fingerprint density at radius 1 is 0.326 bits per heavy atom. The van der Waals surface area contributed by atoms with E-state index in [-0.39, 0.29) is 11.6 Å². The zero-order chi connectivity index (χ0) is 31.7. The fourth-order valence-electron chi connectivity index (χ4n) is 6.45. The Morgan fingerprint density at radius 2 is 0.543 bits per heavy atom. The number of Topliss-reactive ketones (excluding diaryl/α,β-unsaturated/α-hetero) is 2. The molecule has 2 nitrogen and oxygen atoms in total.